The van der Waals surface area contributed by atoms with Gasteiger partial charge < -0.3 is 10.6 Å². The molecular formula is C16H22N4O. The number of rotatable bonds is 5. The Morgan fingerprint density at radius 3 is 2.48 bits per heavy atom. The van der Waals surface area contributed by atoms with Gasteiger partial charge in [0.25, 0.3) is 0 Å². The fourth-order valence-corrected chi connectivity index (χ4v) is 1.83. The van der Waals surface area contributed by atoms with Crippen LogP contribution in [0.4, 0.5) is 0 Å². The van der Waals surface area contributed by atoms with Crippen LogP contribution in [0.15, 0.2) is 36.5 Å². The van der Waals surface area contributed by atoms with Gasteiger partial charge in [-0.15, -0.1) is 0 Å². The lowest BCUT2D eigenvalue weighted by Crippen LogP contribution is -2.43. The van der Waals surface area contributed by atoms with Crippen LogP contribution in [0.2, 0.25) is 0 Å². The minimum absolute atomic E-state index is 0.00238. The Bertz CT molecular complexity index is 567. The number of aromatic nitrogens is 2. The number of nitrogens with one attached hydrogen (secondary N) is 3. The molecule has 3 N–H and O–H groups in total. The van der Waals surface area contributed by atoms with E-state index in [0.29, 0.717) is 13.1 Å². The fourth-order valence-electron chi connectivity index (χ4n) is 1.83. The number of H-pyrrole nitrogens is 1. The summed E-state index contributed by atoms with van der Waals surface area (Å²) in [7, 11) is 0. The van der Waals surface area contributed by atoms with Gasteiger partial charge in [0.15, 0.2) is 0 Å². The second-order valence-electron chi connectivity index (χ2n) is 6.05. The molecule has 5 heteroatoms. The van der Waals surface area contributed by atoms with Crippen LogP contribution in [0.25, 0.3) is 11.3 Å². The number of aromatic amines is 1. The van der Waals surface area contributed by atoms with Crippen LogP contribution in [-0.2, 0) is 11.3 Å². The largest absolute Gasteiger partial charge is 0.351 e. The number of nitrogens with zero attached hydrogens (tertiary/aromatic N) is 1. The third kappa shape index (κ3) is 5.04. The minimum Gasteiger partial charge on any atom is -0.351 e. The van der Waals surface area contributed by atoms with Crippen LogP contribution < -0.4 is 10.6 Å². The van der Waals surface area contributed by atoms with Gasteiger partial charge in [0, 0.05) is 18.3 Å². The Balaban J connectivity index is 1.82. The molecular weight excluding hydrogens is 264 g/mol. The van der Waals surface area contributed by atoms with Crippen molar-refractivity contribution < 1.29 is 4.79 Å². The summed E-state index contributed by atoms with van der Waals surface area (Å²) in [5.41, 5.74) is 3.09. The van der Waals surface area contributed by atoms with E-state index < -0.39 is 0 Å². The molecule has 0 aliphatic heterocycles. The van der Waals surface area contributed by atoms with Gasteiger partial charge >= 0.3 is 0 Å². The van der Waals surface area contributed by atoms with Gasteiger partial charge in [-0.05, 0) is 38.0 Å². The first-order chi connectivity index (χ1) is 9.94. The molecule has 0 saturated heterocycles. The monoisotopic (exact) mass is 286 g/mol. The molecule has 1 heterocycles. The smallest absolute Gasteiger partial charge is 0.234 e. The number of carbonyl (C=O) groups excluding carboxylic acids is 1. The number of carbonyl (C=O) groups is 1. The number of amides is 1. The normalized spacial score (nSPS) is 11.4. The van der Waals surface area contributed by atoms with Crippen molar-refractivity contribution in [2.45, 2.75) is 32.9 Å². The van der Waals surface area contributed by atoms with Crippen LogP contribution in [0, 0.1) is 0 Å². The summed E-state index contributed by atoms with van der Waals surface area (Å²) in [6.45, 7) is 6.97. The van der Waals surface area contributed by atoms with Gasteiger partial charge in [-0.2, -0.15) is 5.10 Å². The molecule has 1 aromatic carbocycles. The van der Waals surface area contributed by atoms with Crippen molar-refractivity contribution in [2.24, 2.45) is 0 Å². The zero-order valence-corrected chi connectivity index (χ0v) is 12.7. The lowest BCUT2D eigenvalue weighted by atomic mass is 10.1. The van der Waals surface area contributed by atoms with E-state index in [9.17, 15) is 4.79 Å². The highest BCUT2D eigenvalue weighted by molar-refractivity contribution is 5.78. The average Bonchev–Trinajstić information content (AvgIpc) is 2.97. The Morgan fingerprint density at radius 1 is 1.19 bits per heavy atom. The van der Waals surface area contributed by atoms with Crippen LogP contribution in [0.3, 0.4) is 0 Å². The first-order valence-corrected chi connectivity index (χ1v) is 7.04. The summed E-state index contributed by atoms with van der Waals surface area (Å²) in [5.74, 6) is 0.00238. The first kappa shape index (κ1) is 15.3. The highest BCUT2D eigenvalue weighted by Gasteiger charge is 2.10. The third-order valence-corrected chi connectivity index (χ3v) is 3.03. The predicted octanol–water partition coefficient (Wildman–Crippen LogP) is 2.08. The molecule has 2 aromatic rings. The molecule has 1 aromatic heterocycles. The maximum absolute atomic E-state index is 11.7. The number of hydrogen-bond acceptors (Lipinski definition) is 3. The van der Waals surface area contributed by atoms with Gasteiger partial charge in [-0.1, -0.05) is 24.3 Å². The van der Waals surface area contributed by atoms with Crippen molar-refractivity contribution in [1.29, 1.82) is 0 Å². The molecule has 0 atom stereocenters. The molecule has 21 heavy (non-hydrogen) atoms. The lowest BCUT2D eigenvalue weighted by molar-refractivity contribution is -0.120. The van der Waals surface area contributed by atoms with Crippen molar-refractivity contribution in [1.82, 2.24) is 20.8 Å². The van der Waals surface area contributed by atoms with E-state index in [0.717, 1.165) is 16.8 Å². The molecule has 1 amide bonds. The SMILES string of the molecule is CC(C)(C)NCC(=O)NCc1ccc(-c2ccn[nH]2)cc1. The van der Waals surface area contributed by atoms with Crippen LogP contribution in [0.5, 0.6) is 0 Å². The molecule has 0 fully saturated rings. The summed E-state index contributed by atoms with van der Waals surface area (Å²) < 4.78 is 0. The topological polar surface area (TPSA) is 69.8 Å². The van der Waals surface area contributed by atoms with Gasteiger partial charge in [-0.25, -0.2) is 0 Å². The van der Waals surface area contributed by atoms with E-state index in [1.165, 1.54) is 0 Å². The zero-order chi connectivity index (χ0) is 15.3. The van der Waals surface area contributed by atoms with E-state index in [4.69, 9.17) is 0 Å². The van der Waals surface area contributed by atoms with E-state index in [-0.39, 0.29) is 11.4 Å². The summed E-state index contributed by atoms with van der Waals surface area (Å²) >= 11 is 0. The molecule has 0 spiro atoms. The maximum Gasteiger partial charge on any atom is 0.234 e. The molecule has 2 rings (SSSR count). The van der Waals surface area contributed by atoms with E-state index in [1.807, 2.05) is 51.1 Å². The van der Waals surface area contributed by atoms with Crippen molar-refractivity contribution in [3.05, 3.63) is 42.1 Å². The van der Waals surface area contributed by atoms with Crippen molar-refractivity contribution in [2.75, 3.05) is 6.54 Å². The van der Waals surface area contributed by atoms with Gasteiger partial charge in [0.1, 0.15) is 0 Å². The lowest BCUT2D eigenvalue weighted by Gasteiger charge is -2.20. The standard InChI is InChI=1S/C16H22N4O/c1-16(2,3)18-11-15(21)17-10-12-4-6-13(7-5-12)14-8-9-19-20-14/h4-9,18H,10-11H2,1-3H3,(H,17,21)(H,19,20). The minimum atomic E-state index is -0.0525. The molecule has 0 radical (unpaired) electrons. The summed E-state index contributed by atoms with van der Waals surface area (Å²) in [5, 5.41) is 12.9. The zero-order valence-electron chi connectivity index (χ0n) is 12.7. The third-order valence-electron chi connectivity index (χ3n) is 3.03. The summed E-state index contributed by atoms with van der Waals surface area (Å²) in [4.78, 5) is 11.7. The second kappa shape index (κ2) is 6.54. The number of hydrogen-bond donors (Lipinski definition) is 3. The number of benzene rings is 1. The summed E-state index contributed by atoms with van der Waals surface area (Å²) in [6.07, 6.45) is 1.73. The van der Waals surface area contributed by atoms with Gasteiger partial charge in [0.05, 0.1) is 12.2 Å². The second-order valence-corrected chi connectivity index (χ2v) is 6.05. The molecule has 0 unspecified atom stereocenters. The van der Waals surface area contributed by atoms with E-state index >= 15 is 0 Å². The van der Waals surface area contributed by atoms with E-state index in [1.54, 1.807) is 6.20 Å². The molecule has 0 bridgehead atoms. The Kier molecular flexibility index (Phi) is 4.75. The van der Waals surface area contributed by atoms with Gasteiger partial charge in [-0.3, -0.25) is 9.89 Å². The Hall–Kier alpha value is -2.14. The van der Waals surface area contributed by atoms with Crippen molar-refractivity contribution in [3.8, 4) is 11.3 Å². The molecule has 0 aliphatic carbocycles. The highest BCUT2D eigenvalue weighted by Crippen LogP contribution is 2.16. The fraction of sp³-hybridized carbons (Fsp3) is 0.375. The quantitative estimate of drug-likeness (QED) is 0.788. The van der Waals surface area contributed by atoms with E-state index in [2.05, 4.69) is 20.8 Å². The van der Waals surface area contributed by atoms with Crippen LogP contribution >= 0.6 is 0 Å². The molecule has 5 nitrogen and oxygen atoms in total. The van der Waals surface area contributed by atoms with Gasteiger partial charge in [0.2, 0.25) is 5.91 Å². The molecule has 0 aliphatic rings. The van der Waals surface area contributed by atoms with Crippen LogP contribution in [-0.4, -0.2) is 28.2 Å². The van der Waals surface area contributed by atoms with Crippen LogP contribution in [0.1, 0.15) is 26.3 Å². The first-order valence-electron chi connectivity index (χ1n) is 7.04. The average molecular weight is 286 g/mol. The van der Waals surface area contributed by atoms with Crippen molar-refractivity contribution >= 4 is 5.91 Å². The Morgan fingerprint density at radius 2 is 1.90 bits per heavy atom. The molecule has 112 valence electrons. The van der Waals surface area contributed by atoms with Crippen molar-refractivity contribution in [3.63, 3.8) is 0 Å². The predicted molar refractivity (Wildman–Crippen MR) is 83.6 cm³/mol. The Labute approximate surface area is 125 Å². The molecule has 0 saturated carbocycles. The maximum atomic E-state index is 11.7. The highest BCUT2D eigenvalue weighted by atomic mass is 16.1. The summed E-state index contributed by atoms with van der Waals surface area (Å²) in [6, 6.07) is 9.97.